The molecule has 1 aromatic heterocycles. The Kier molecular flexibility index (Phi) is 3.25. The standard InChI is InChI=1S/C11H15ClN2/c12-7-3-4-8-14-9-13-10-5-1-2-6-11(10)14/h3-4,9H,1-2,5-8H2/b4-3+. The quantitative estimate of drug-likeness (QED) is 0.554. The zero-order valence-corrected chi connectivity index (χ0v) is 9.00. The fourth-order valence-corrected chi connectivity index (χ4v) is 2.07. The number of imidazole rings is 1. The van der Waals surface area contributed by atoms with Crippen LogP contribution in [0, 0.1) is 0 Å². The molecular weight excluding hydrogens is 196 g/mol. The molecule has 0 aromatic carbocycles. The van der Waals surface area contributed by atoms with Gasteiger partial charge in [0.1, 0.15) is 0 Å². The Bertz CT molecular complexity index is 328. The van der Waals surface area contributed by atoms with Crippen molar-refractivity contribution in [3.8, 4) is 0 Å². The van der Waals surface area contributed by atoms with Crippen LogP contribution in [0.15, 0.2) is 18.5 Å². The van der Waals surface area contributed by atoms with Gasteiger partial charge in [0.2, 0.25) is 0 Å². The van der Waals surface area contributed by atoms with Gasteiger partial charge in [-0.05, 0) is 25.7 Å². The number of alkyl halides is 1. The molecule has 76 valence electrons. The van der Waals surface area contributed by atoms with E-state index < -0.39 is 0 Å². The summed E-state index contributed by atoms with van der Waals surface area (Å²) in [6.45, 7) is 0.912. The first-order chi connectivity index (χ1) is 6.92. The van der Waals surface area contributed by atoms with Gasteiger partial charge in [-0.3, -0.25) is 0 Å². The number of hydrogen-bond acceptors (Lipinski definition) is 1. The first-order valence-electron chi connectivity index (χ1n) is 5.15. The molecule has 0 saturated heterocycles. The highest BCUT2D eigenvalue weighted by molar-refractivity contribution is 6.18. The van der Waals surface area contributed by atoms with E-state index in [2.05, 4.69) is 15.6 Å². The number of hydrogen-bond donors (Lipinski definition) is 0. The number of allylic oxidation sites excluding steroid dienone is 2. The highest BCUT2D eigenvalue weighted by atomic mass is 35.5. The Labute approximate surface area is 89.6 Å². The maximum atomic E-state index is 5.57. The van der Waals surface area contributed by atoms with Crippen LogP contribution in [0.3, 0.4) is 0 Å². The molecule has 1 heterocycles. The van der Waals surface area contributed by atoms with E-state index in [1.54, 1.807) is 0 Å². The summed E-state index contributed by atoms with van der Waals surface area (Å²) in [7, 11) is 0. The van der Waals surface area contributed by atoms with Crippen molar-refractivity contribution in [2.75, 3.05) is 5.88 Å². The van der Waals surface area contributed by atoms with Gasteiger partial charge in [-0.15, -0.1) is 11.6 Å². The third-order valence-electron chi connectivity index (χ3n) is 2.67. The molecule has 0 aliphatic heterocycles. The van der Waals surface area contributed by atoms with E-state index in [-0.39, 0.29) is 0 Å². The smallest absolute Gasteiger partial charge is 0.0954 e. The Morgan fingerprint density at radius 2 is 2.21 bits per heavy atom. The third-order valence-corrected chi connectivity index (χ3v) is 2.85. The van der Waals surface area contributed by atoms with Crippen LogP contribution in [0.1, 0.15) is 24.2 Å². The summed E-state index contributed by atoms with van der Waals surface area (Å²) < 4.78 is 2.23. The van der Waals surface area contributed by atoms with E-state index in [1.165, 1.54) is 30.7 Å². The zero-order chi connectivity index (χ0) is 9.80. The molecule has 0 atom stereocenters. The maximum absolute atomic E-state index is 5.57. The molecule has 2 nitrogen and oxygen atoms in total. The van der Waals surface area contributed by atoms with Crippen molar-refractivity contribution in [1.29, 1.82) is 0 Å². The monoisotopic (exact) mass is 210 g/mol. The maximum Gasteiger partial charge on any atom is 0.0954 e. The molecule has 0 fully saturated rings. The molecule has 0 bridgehead atoms. The first kappa shape index (κ1) is 9.78. The molecule has 0 radical (unpaired) electrons. The fourth-order valence-electron chi connectivity index (χ4n) is 1.94. The lowest BCUT2D eigenvalue weighted by atomic mass is 10.0. The van der Waals surface area contributed by atoms with E-state index >= 15 is 0 Å². The highest BCUT2D eigenvalue weighted by Gasteiger charge is 2.13. The van der Waals surface area contributed by atoms with Crippen LogP contribution in [0.25, 0.3) is 0 Å². The van der Waals surface area contributed by atoms with Crippen LogP contribution in [0.2, 0.25) is 0 Å². The van der Waals surface area contributed by atoms with Crippen LogP contribution in [0.5, 0.6) is 0 Å². The normalized spacial score (nSPS) is 16.1. The van der Waals surface area contributed by atoms with E-state index in [0.717, 1.165) is 13.0 Å². The lowest BCUT2D eigenvalue weighted by molar-refractivity contribution is 0.632. The van der Waals surface area contributed by atoms with Gasteiger partial charge < -0.3 is 4.57 Å². The number of fused-ring (bicyclic) bond motifs is 1. The SMILES string of the molecule is ClC/C=C/Cn1cnc2c1CCCC2. The molecule has 0 N–H and O–H groups in total. The molecule has 0 amide bonds. The van der Waals surface area contributed by atoms with Crippen molar-refractivity contribution in [2.24, 2.45) is 0 Å². The van der Waals surface area contributed by atoms with Crippen LogP contribution < -0.4 is 0 Å². The second kappa shape index (κ2) is 4.65. The number of aromatic nitrogens is 2. The fraction of sp³-hybridized carbons (Fsp3) is 0.545. The zero-order valence-electron chi connectivity index (χ0n) is 8.25. The summed E-state index contributed by atoms with van der Waals surface area (Å²) in [4.78, 5) is 4.43. The van der Waals surface area contributed by atoms with Crippen molar-refractivity contribution < 1.29 is 0 Å². The predicted molar refractivity (Wildman–Crippen MR) is 58.7 cm³/mol. The topological polar surface area (TPSA) is 17.8 Å². The molecule has 1 aliphatic carbocycles. The van der Waals surface area contributed by atoms with Crippen molar-refractivity contribution in [1.82, 2.24) is 9.55 Å². The Hall–Kier alpha value is -0.760. The molecule has 1 aromatic rings. The largest absolute Gasteiger partial charge is 0.331 e. The predicted octanol–water partition coefficient (Wildman–Crippen LogP) is 2.56. The minimum atomic E-state index is 0.594. The van der Waals surface area contributed by atoms with Gasteiger partial charge in [-0.25, -0.2) is 4.98 Å². The van der Waals surface area contributed by atoms with Gasteiger partial charge in [0.05, 0.1) is 12.0 Å². The second-order valence-electron chi connectivity index (χ2n) is 3.62. The molecule has 0 saturated carbocycles. The number of rotatable bonds is 3. The summed E-state index contributed by atoms with van der Waals surface area (Å²) in [6.07, 6.45) is 11.0. The molecule has 1 aliphatic rings. The minimum absolute atomic E-state index is 0.594. The van der Waals surface area contributed by atoms with Crippen LogP contribution >= 0.6 is 11.6 Å². The summed E-state index contributed by atoms with van der Waals surface area (Å²) in [5.74, 6) is 0.594. The third kappa shape index (κ3) is 2.01. The van der Waals surface area contributed by atoms with Crippen molar-refractivity contribution in [3.63, 3.8) is 0 Å². The minimum Gasteiger partial charge on any atom is -0.331 e. The molecule has 2 rings (SSSR count). The summed E-state index contributed by atoms with van der Waals surface area (Å²) >= 11 is 5.57. The average molecular weight is 211 g/mol. The van der Waals surface area contributed by atoms with E-state index in [4.69, 9.17) is 11.6 Å². The highest BCUT2D eigenvalue weighted by Crippen LogP contribution is 2.19. The van der Waals surface area contributed by atoms with E-state index in [9.17, 15) is 0 Å². The molecule has 3 heteroatoms. The van der Waals surface area contributed by atoms with Crippen molar-refractivity contribution in [2.45, 2.75) is 32.2 Å². The first-order valence-corrected chi connectivity index (χ1v) is 5.69. The Balaban J connectivity index is 2.10. The van der Waals surface area contributed by atoms with E-state index in [0.29, 0.717) is 5.88 Å². The van der Waals surface area contributed by atoms with Gasteiger partial charge in [-0.2, -0.15) is 0 Å². The Morgan fingerprint density at radius 1 is 1.36 bits per heavy atom. The van der Waals surface area contributed by atoms with Crippen molar-refractivity contribution in [3.05, 3.63) is 29.9 Å². The van der Waals surface area contributed by atoms with Gasteiger partial charge in [0.25, 0.3) is 0 Å². The number of halogens is 1. The lowest BCUT2D eigenvalue weighted by Crippen LogP contribution is -2.07. The van der Waals surface area contributed by atoms with Crippen molar-refractivity contribution >= 4 is 11.6 Å². The van der Waals surface area contributed by atoms with Gasteiger partial charge in [0, 0.05) is 18.1 Å². The number of nitrogens with zero attached hydrogens (tertiary/aromatic N) is 2. The summed E-state index contributed by atoms with van der Waals surface area (Å²) in [5, 5.41) is 0. The average Bonchev–Trinajstić information content (AvgIpc) is 2.63. The van der Waals surface area contributed by atoms with Gasteiger partial charge in [-0.1, -0.05) is 12.2 Å². The lowest BCUT2D eigenvalue weighted by Gasteiger charge is -2.12. The Morgan fingerprint density at radius 3 is 3.07 bits per heavy atom. The molecule has 0 unspecified atom stereocenters. The van der Waals surface area contributed by atoms with E-state index in [1.807, 2.05) is 12.4 Å². The molecule has 14 heavy (non-hydrogen) atoms. The van der Waals surface area contributed by atoms with Gasteiger partial charge in [0.15, 0.2) is 0 Å². The van der Waals surface area contributed by atoms with Crippen LogP contribution in [-0.2, 0) is 19.4 Å². The molecule has 0 spiro atoms. The number of aryl methyl sites for hydroxylation is 1. The van der Waals surface area contributed by atoms with Crippen LogP contribution in [-0.4, -0.2) is 15.4 Å². The molecular formula is C11H15ClN2. The summed E-state index contributed by atoms with van der Waals surface area (Å²) in [5.41, 5.74) is 2.73. The van der Waals surface area contributed by atoms with Crippen LogP contribution in [0.4, 0.5) is 0 Å². The summed E-state index contributed by atoms with van der Waals surface area (Å²) in [6, 6.07) is 0. The second-order valence-corrected chi connectivity index (χ2v) is 3.93. The van der Waals surface area contributed by atoms with Gasteiger partial charge >= 0.3 is 0 Å².